The lowest BCUT2D eigenvalue weighted by atomic mass is 9.88. The van der Waals surface area contributed by atoms with Crippen LogP contribution < -0.4 is 0 Å². The number of carbonyl (C=O) groups excluding carboxylic acids is 3. The lowest BCUT2D eigenvalue weighted by molar-refractivity contribution is -0.157. The highest BCUT2D eigenvalue weighted by Crippen LogP contribution is 2.36. The standard InChI is InChI=1S/C16H18O6/c1-3-20-15(18)11-8-7-10(13(11)16(19)21-4-2)14(17)12-6-5-9-22-12/h5-7,9,11,13H,3-4,8H2,1-2H3/t11-,13+/m0/s1. The first kappa shape index (κ1) is 16.0. The molecule has 0 aliphatic heterocycles. The van der Waals surface area contributed by atoms with Crippen molar-refractivity contribution in [2.75, 3.05) is 13.2 Å². The molecule has 22 heavy (non-hydrogen) atoms. The third kappa shape index (κ3) is 3.10. The molecule has 0 amide bonds. The molecule has 6 nitrogen and oxygen atoms in total. The molecule has 118 valence electrons. The van der Waals surface area contributed by atoms with E-state index in [0.29, 0.717) is 0 Å². The number of rotatable bonds is 6. The number of hydrogen-bond acceptors (Lipinski definition) is 6. The van der Waals surface area contributed by atoms with Crippen molar-refractivity contribution >= 4 is 17.7 Å². The molecule has 0 fully saturated rings. The van der Waals surface area contributed by atoms with Gasteiger partial charge in [0.1, 0.15) is 0 Å². The molecule has 2 rings (SSSR count). The number of ether oxygens (including phenoxy) is 2. The quantitative estimate of drug-likeness (QED) is 0.591. The van der Waals surface area contributed by atoms with Crippen molar-refractivity contribution in [2.45, 2.75) is 20.3 Å². The molecule has 0 unspecified atom stereocenters. The summed E-state index contributed by atoms with van der Waals surface area (Å²) in [5, 5.41) is 0. The van der Waals surface area contributed by atoms with E-state index < -0.39 is 29.6 Å². The van der Waals surface area contributed by atoms with Gasteiger partial charge in [0.2, 0.25) is 5.78 Å². The molecule has 1 aromatic rings. The smallest absolute Gasteiger partial charge is 0.314 e. The monoisotopic (exact) mass is 306 g/mol. The average molecular weight is 306 g/mol. The van der Waals surface area contributed by atoms with Gasteiger partial charge >= 0.3 is 11.9 Å². The minimum atomic E-state index is -0.948. The van der Waals surface area contributed by atoms with Crippen LogP contribution in [-0.4, -0.2) is 30.9 Å². The predicted molar refractivity (Wildman–Crippen MR) is 76.0 cm³/mol. The molecule has 0 radical (unpaired) electrons. The zero-order valence-electron chi connectivity index (χ0n) is 12.5. The van der Waals surface area contributed by atoms with Gasteiger partial charge in [0.05, 0.1) is 31.3 Å². The fraction of sp³-hybridized carbons (Fsp3) is 0.438. The third-order valence-electron chi connectivity index (χ3n) is 3.47. The van der Waals surface area contributed by atoms with Crippen molar-refractivity contribution in [1.29, 1.82) is 0 Å². The van der Waals surface area contributed by atoms with Gasteiger partial charge in [0, 0.05) is 5.57 Å². The Kier molecular flexibility index (Phi) is 5.14. The van der Waals surface area contributed by atoms with E-state index in [9.17, 15) is 14.4 Å². The van der Waals surface area contributed by atoms with Gasteiger partial charge in [0.15, 0.2) is 5.76 Å². The summed E-state index contributed by atoms with van der Waals surface area (Å²) in [5.41, 5.74) is 0.228. The van der Waals surface area contributed by atoms with Gasteiger partial charge < -0.3 is 13.9 Å². The molecule has 1 aliphatic rings. The first-order valence-electron chi connectivity index (χ1n) is 7.21. The molecule has 0 aromatic carbocycles. The molecule has 0 saturated carbocycles. The highest BCUT2D eigenvalue weighted by Gasteiger charge is 2.44. The summed E-state index contributed by atoms with van der Waals surface area (Å²) in [5.74, 6) is -3.05. The topological polar surface area (TPSA) is 82.8 Å². The van der Waals surface area contributed by atoms with Crippen LogP contribution in [0.4, 0.5) is 0 Å². The van der Waals surface area contributed by atoms with Crippen LogP contribution in [0, 0.1) is 11.8 Å². The first-order valence-corrected chi connectivity index (χ1v) is 7.21. The van der Waals surface area contributed by atoms with E-state index in [1.54, 1.807) is 26.0 Å². The Bertz CT molecular complexity index is 584. The highest BCUT2D eigenvalue weighted by atomic mass is 16.5. The van der Waals surface area contributed by atoms with E-state index in [1.165, 1.54) is 12.3 Å². The van der Waals surface area contributed by atoms with Crippen molar-refractivity contribution < 1.29 is 28.3 Å². The number of ketones is 1. The van der Waals surface area contributed by atoms with E-state index in [-0.39, 0.29) is 31.0 Å². The molecular formula is C16H18O6. The van der Waals surface area contributed by atoms with Crippen LogP contribution in [0.2, 0.25) is 0 Å². The lowest BCUT2D eigenvalue weighted by Crippen LogP contribution is -2.32. The largest absolute Gasteiger partial charge is 0.466 e. The van der Waals surface area contributed by atoms with Gasteiger partial charge in [-0.15, -0.1) is 0 Å². The van der Waals surface area contributed by atoms with Gasteiger partial charge in [-0.2, -0.15) is 0 Å². The minimum Gasteiger partial charge on any atom is -0.466 e. The fourth-order valence-corrected chi connectivity index (χ4v) is 2.52. The summed E-state index contributed by atoms with van der Waals surface area (Å²) in [6.45, 7) is 3.75. The molecule has 0 bridgehead atoms. The van der Waals surface area contributed by atoms with Gasteiger partial charge in [-0.25, -0.2) is 0 Å². The minimum absolute atomic E-state index is 0.130. The van der Waals surface area contributed by atoms with Gasteiger partial charge in [-0.1, -0.05) is 6.08 Å². The van der Waals surface area contributed by atoms with E-state index in [1.807, 2.05) is 0 Å². The number of allylic oxidation sites excluding steroid dienone is 1. The van der Waals surface area contributed by atoms with E-state index in [2.05, 4.69) is 0 Å². The summed E-state index contributed by atoms with van der Waals surface area (Å²) >= 11 is 0. The van der Waals surface area contributed by atoms with Crippen molar-refractivity contribution in [1.82, 2.24) is 0 Å². The van der Waals surface area contributed by atoms with Crippen LogP contribution in [-0.2, 0) is 19.1 Å². The Morgan fingerprint density at radius 1 is 1.18 bits per heavy atom. The van der Waals surface area contributed by atoms with Crippen molar-refractivity contribution in [2.24, 2.45) is 11.8 Å². The fourth-order valence-electron chi connectivity index (χ4n) is 2.52. The molecule has 0 N–H and O–H groups in total. The summed E-state index contributed by atoms with van der Waals surface area (Å²) in [4.78, 5) is 36.6. The molecule has 0 saturated heterocycles. The summed E-state index contributed by atoms with van der Waals surface area (Å²) in [6.07, 6.45) is 3.24. The van der Waals surface area contributed by atoms with Crippen LogP contribution in [0.25, 0.3) is 0 Å². The number of hydrogen-bond donors (Lipinski definition) is 0. The SMILES string of the molecule is CCOC(=O)[C@@H]1C(C(=O)c2ccco2)=CC[C@@H]1C(=O)OCC. The van der Waals surface area contributed by atoms with Gasteiger partial charge in [0.25, 0.3) is 0 Å². The molecule has 2 atom stereocenters. The Labute approximate surface area is 128 Å². The zero-order chi connectivity index (χ0) is 16.1. The Morgan fingerprint density at radius 2 is 1.86 bits per heavy atom. The van der Waals surface area contributed by atoms with E-state index in [4.69, 9.17) is 13.9 Å². The van der Waals surface area contributed by atoms with E-state index >= 15 is 0 Å². The normalized spacial score (nSPS) is 20.4. The second kappa shape index (κ2) is 7.06. The molecule has 0 spiro atoms. The van der Waals surface area contributed by atoms with Crippen LogP contribution in [0.15, 0.2) is 34.5 Å². The second-order valence-corrected chi connectivity index (χ2v) is 4.79. The Balaban J connectivity index is 2.26. The number of esters is 2. The van der Waals surface area contributed by atoms with Gasteiger partial charge in [-0.05, 0) is 32.4 Å². The lowest BCUT2D eigenvalue weighted by Gasteiger charge is -2.19. The van der Waals surface area contributed by atoms with Crippen LogP contribution in [0.1, 0.15) is 30.8 Å². The number of Topliss-reactive ketones (excluding diaryl/α,β-unsaturated/α-hetero) is 1. The number of furan rings is 1. The summed E-state index contributed by atoms with van der Waals surface area (Å²) in [7, 11) is 0. The Hall–Kier alpha value is -2.37. The average Bonchev–Trinajstić information content (AvgIpc) is 3.16. The van der Waals surface area contributed by atoms with E-state index in [0.717, 1.165) is 0 Å². The molecule has 1 aliphatic carbocycles. The highest BCUT2D eigenvalue weighted by molar-refractivity contribution is 6.11. The van der Waals surface area contributed by atoms with Crippen molar-refractivity contribution in [3.8, 4) is 0 Å². The predicted octanol–water partition coefficient (Wildman–Crippen LogP) is 2.15. The van der Waals surface area contributed by atoms with Crippen LogP contribution in [0.5, 0.6) is 0 Å². The van der Waals surface area contributed by atoms with Gasteiger partial charge in [-0.3, -0.25) is 14.4 Å². The third-order valence-corrected chi connectivity index (χ3v) is 3.47. The van der Waals surface area contributed by atoms with Crippen LogP contribution >= 0.6 is 0 Å². The molecular weight excluding hydrogens is 288 g/mol. The molecule has 6 heteroatoms. The van der Waals surface area contributed by atoms with Crippen molar-refractivity contribution in [3.05, 3.63) is 35.8 Å². The first-order chi connectivity index (χ1) is 10.6. The van der Waals surface area contributed by atoms with Crippen molar-refractivity contribution in [3.63, 3.8) is 0 Å². The number of carbonyl (C=O) groups is 3. The Morgan fingerprint density at radius 3 is 2.45 bits per heavy atom. The maximum absolute atomic E-state index is 12.4. The molecule has 1 aromatic heterocycles. The van der Waals surface area contributed by atoms with Crippen LogP contribution in [0.3, 0.4) is 0 Å². The molecule has 1 heterocycles. The summed E-state index contributed by atoms with van der Waals surface area (Å²) < 4.78 is 15.1. The maximum Gasteiger partial charge on any atom is 0.314 e. The second-order valence-electron chi connectivity index (χ2n) is 4.79. The summed E-state index contributed by atoms with van der Waals surface area (Å²) in [6, 6.07) is 3.11. The maximum atomic E-state index is 12.4. The zero-order valence-corrected chi connectivity index (χ0v) is 12.5.